The highest BCUT2D eigenvalue weighted by atomic mass is 35.5. The van der Waals surface area contributed by atoms with E-state index in [0.717, 1.165) is 5.69 Å². The summed E-state index contributed by atoms with van der Waals surface area (Å²) in [4.78, 5) is 11.5. The Morgan fingerprint density at radius 2 is 2.13 bits per heavy atom. The Morgan fingerprint density at radius 1 is 1.40 bits per heavy atom. The van der Waals surface area contributed by atoms with Gasteiger partial charge < -0.3 is 4.57 Å². The topological polar surface area (TPSA) is 44.8 Å². The lowest BCUT2D eigenvalue weighted by atomic mass is 10.4. The molecule has 0 bridgehead atoms. The van der Waals surface area contributed by atoms with Gasteiger partial charge in [-0.2, -0.15) is 5.10 Å². The molecule has 0 aliphatic heterocycles. The van der Waals surface area contributed by atoms with Crippen molar-refractivity contribution in [2.45, 2.75) is 6.54 Å². The summed E-state index contributed by atoms with van der Waals surface area (Å²) < 4.78 is 4.67. The highest BCUT2D eigenvalue weighted by Crippen LogP contribution is 2.09. The maximum Gasteiger partial charge on any atom is 0.328 e. The average Bonchev–Trinajstić information content (AvgIpc) is 2.65. The molecule has 0 spiro atoms. The van der Waals surface area contributed by atoms with Crippen LogP contribution in [-0.4, -0.2) is 18.9 Å². The van der Waals surface area contributed by atoms with E-state index in [4.69, 9.17) is 11.6 Å². The summed E-state index contributed by atoms with van der Waals surface area (Å²) in [6, 6.07) is 1.75. The highest BCUT2D eigenvalue weighted by molar-refractivity contribution is 6.29. The third-order valence-corrected chi connectivity index (χ3v) is 2.58. The van der Waals surface area contributed by atoms with Gasteiger partial charge in [0.15, 0.2) is 0 Å². The fourth-order valence-electron chi connectivity index (χ4n) is 1.38. The van der Waals surface area contributed by atoms with Crippen molar-refractivity contribution in [3.63, 3.8) is 0 Å². The lowest BCUT2D eigenvalue weighted by molar-refractivity contribution is 0.676. The molecule has 2 rings (SSSR count). The van der Waals surface area contributed by atoms with Crippen LogP contribution in [-0.2, 0) is 20.6 Å². The van der Waals surface area contributed by atoms with E-state index in [2.05, 4.69) is 5.10 Å². The van der Waals surface area contributed by atoms with Crippen molar-refractivity contribution in [1.29, 1.82) is 0 Å². The van der Waals surface area contributed by atoms with Crippen molar-refractivity contribution in [3.8, 4) is 0 Å². The number of aromatic nitrogens is 4. The summed E-state index contributed by atoms with van der Waals surface area (Å²) in [5, 5.41) is 4.74. The van der Waals surface area contributed by atoms with Gasteiger partial charge in [-0.05, 0) is 0 Å². The zero-order valence-corrected chi connectivity index (χ0v) is 9.27. The van der Waals surface area contributed by atoms with Crippen molar-refractivity contribution in [3.05, 3.63) is 39.8 Å². The van der Waals surface area contributed by atoms with Crippen LogP contribution in [0.3, 0.4) is 0 Å². The second-order valence-electron chi connectivity index (χ2n) is 3.40. The number of hydrogen-bond acceptors (Lipinski definition) is 2. The van der Waals surface area contributed by atoms with Crippen LogP contribution in [0.25, 0.3) is 0 Å². The minimum atomic E-state index is -0.0585. The first kappa shape index (κ1) is 10.0. The van der Waals surface area contributed by atoms with Gasteiger partial charge in [-0.25, -0.2) is 4.79 Å². The third kappa shape index (κ3) is 1.83. The quantitative estimate of drug-likeness (QED) is 0.754. The molecule has 0 N–H and O–H groups in total. The molecule has 0 unspecified atom stereocenters. The SMILES string of the molecule is Cn1nc(Cn2ccn(C)c2=O)cc1Cl. The second-order valence-corrected chi connectivity index (χ2v) is 3.79. The van der Waals surface area contributed by atoms with E-state index in [0.29, 0.717) is 11.7 Å². The Labute approximate surface area is 91.5 Å². The Hall–Kier alpha value is -1.49. The normalized spacial score (nSPS) is 10.9. The van der Waals surface area contributed by atoms with Crippen LogP contribution < -0.4 is 5.69 Å². The molecule has 0 aliphatic carbocycles. The third-order valence-electron chi connectivity index (χ3n) is 2.22. The van der Waals surface area contributed by atoms with Gasteiger partial charge in [0.25, 0.3) is 0 Å². The Balaban J connectivity index is 2.29. The summed E-state index contributed by atoms with van der Waals surface area (Å²) >= 11 is 5.85. The van der Waals surface area contributed by atoms with Crippen LogP contribution in [0.4, 0.5) is 0 Å². The van der Waals surface area contributed by atoms with Crippen LogP contribution in [0.2, 0.25) is 5.15 Å². The molecule has 0 saturated carbocycles. The molecule has 5 nitrogen and oxygen atoms in total. The van der Waals surface area contributed by atoms with Gasteiger partial charge in [0.2, 0.25) is 0 Å². The zero-order chi connectivity index (χ0) is 11.0. The molecule has 0 aromatic carbocycles. The standard InChI is InChI=1S/C9H11ClN4O/c1-12-3-4-14(9(12)15)6-7-5-8(10)13(2)11-7/h3-5H,6H2,1-2H3. The number of aryl methyl sites for hydroxylation is 2. The molecule has 0 aliphatic rings. The molecule has 0 amide bonds. The first-order valence-electron chi connectivity index (χ1n) is 4.48. The lowest BCUT2D eigenvalue weighted by Gasteiger charge is -1.96. The van der Waals surface area contributed by atoms with Gasteiger partial charge in [-0.1, -0.05) is 11.6 Å². The van der Waals surface area contributed by atoms with Crippen LogP contribution in [0.15, 0.2) is 23.3 Å². The molecule has 0 atom stereocenters. The number of halogens is 1. The van der Waals surface area contributed by atoms with Crippen molar-refractivity contribution >= 4 is 11.6 Å². The molecule has 80 valence electrons. The largest absolute Gasteiger partial charge is 0.328 e. The molecule has 0 fully saturated rings. The van der Waals surface area contributed by atoms with Gasteiger partial charge in [0.1, 0.15) is 5.15 Å². The first-order valence-corrected chi connectivity index (χ1v) is 4.86. The van der Waals surface area contributed by atoms with E-state index < -0.39 is 0 Å². The van der Waals surface area contributed by atoms with E-state index >= 15 is 0 Å². The molecular formula is C9H11ClN4O. The molecule has 15 heavy (non-hydrogen) atoms. The Bertz CT molecular complexity index is 517. The average molecular weight is 227 g/mol. The Kier molecular flexibility index (Phi) is 2.40. The van der Waals surface area contributed by atoms with Gasteiger partial charge in [0.05, 0.1) is 12.2 Å². The van der Waals surface area contributed by atoms with E-state index in [9.17, 15) is 4.79 Å². The van der Waals surface area contributed by atoms with Crippen LogP contribution in [0.5, 0.6) is 0 Å². The van der Waals surface area contributed by atoms with Crippen LogP contribution in [0, 0.1) is 0 Å². The molecule has 2 aromatic heterocycles. The molecule has 2 aromatic rings. The van der Waals surface area contributed by atoms with E-state index in [-0.39, 0.29) is 5.69 Å². The lowest BCUT2D eigenvalue weighted by Crippen LogP contribution is -2.22. The predicted molar refractivity (Wildman–Crippen MR) is 57.0 cm³/mol. The van der Waals surface area contributed by atoms with Gasteiger partial charge in [-0.3, -0.25) is 9.25 Å². The fourth-order valence-corrected chi connectivity index (χ4v) is 1.55. The summed E-state index contributed by atoms with van der Waals surface area (Å²) in [5.74, 6) is 0. The van der Waals surface area contributed by atoms with Crippen molar-refractivity contribution in [2.24, 2.45) is 14.1 Å². The van der Waals surface area contributed by atoms with Gasteiger partial charge >= 0.3 is 5.69 Å². The van der Waals surface area contributed by atoms with E-state index in [1.807, 2.05) is 0 Å². The fraction of sp³-hybridized carbons (Fsp3) is 0.333. The summed E-state index contributed by atoms with van der Waals surface area (Å²) in [5.41, 5.74) is 0.715. The van der Waals surface area contributed by atoms with Crippen LogP contribution in [0.1, 0.15) is 5.69 Å². The molecule has 2 heterocycles. The molecule has 0 saturated heterocycles. The monoisotopic (exact) mass is 226 g/mol. The maximum absolute atomic E-state index is 11.5. The zero-order valence-electron chi connectivity index (χ0n) is 8.51. The van der Waals surface area contributed by atoms with Crippen molar-refractivity contribution < 1.29 is 0 Å². The molecular weight excluding hydrogens is 216 g/mol. The van der Waals surface area contributed by atoms with E-state index in [1.165, 1.54) is 4.57 Å². The first-order chi connectivity index (χ1) is 7.08. The van der Waals surface area contributed by atoms with Crippen molar-refractivity contribution in [2.75, 3.05) is 0 Å². The van der Waals surface area contributed by atoms with Gasteiger partial charge in [-0.15, -0.1) is 0 Å². The predicted octanol–water partition coefficient (Wildman–Crippen LogP) is 0.622. The number of rotatable bonds is 2. The number of imidazole rings is 1. The summed E-state index contributed by atoms with van der Waals surface area (Å²) in [6.07, 6.45) is 3.44. The molecule has 6 heteroatoms. The second kappa shape index (κ2) is 3.58. The van der Waals surface area contributed by atoms with Crippen molar-refractivity contribution in [1.82, 2.24) is 18.9 Å². The number of hydrogen-bond donors (Lipinski definition) is 0. The minimum absolute atomic E-state index is 0.0585. The maximum atomic E-state index is 11.5. The van der Waals surface area contributed by atoms with E-state index in [1.54, 1.807) is 41.8 Å². The summed E-state index contributed by atoms with van der Waals surface area (Å²) in [6.45, 7) is 0.445. The molecule has 0 radical (unpaired) electrons. The van der Waals surface area contributed by atoms with Gasteiger partial charge in [0, 0.05) is 32.6 Å². The smallest absolute Gasteiger partial charge is 0.302 e. The Morgan fingerprint density at radius 3 is 2.60 bits per heavy atom. The van der Waals surface area contributed by atoms with Crippen LogP contribution >= 0.6 is 11.6 Å². The number of nitrogens with zero attached hydrogens (tertiary/aromatic N) is 4. The highest BCUT2D eigenvalue weighted by Gasteiger charge is 2.05. The summed E-state index contributed by atoms with van der Waals surface area (Å²) in [7, 11) is 3.48. The minimum Gasteiger partial charge on any atom is -0.302 e.